The average molecular weight is 358 g/mol. The maximum Gasteiger partial charge on any atom is 0.102 e. The van der Waals surface area contributed by atoms with Crippen molar-refractivity contribution < 1.29 is 9.94 Å². The van der Waals surface area contributed by atoms with Crippen LogP contribution in [0.3, 0.4) is 0 Å². The molecule has 3 aliphatic rings. The van der Waals surface area contributed by atoms with E-state index in [1.165, 1.54) is 69.8 Å². The highest BCUT2D eigenvalue weighted by atomic mass is 16.7. The monoisotopic (exact) mass is 357 g/mol. The summed E-state index contributed by atoms with van der Waals surface area (Å²) >= 11 is 0. The van der Waals surface area contributed by atoms with Crippen LogP contribution >= 0.6 is 0 Å². The molecule has 3 nitrogen and oxygen atoms in total. The molecule has 1 unspecified atom stereocenters. The Morgan fingerprint density at radius 1 is 0.885 bits per heavy atom. The van der Waals surface area contributed by atoms with Crippen LogP contribution in [0.4, 0.5) is 0 Å². The van der Waals surface area contributed by atoms with E-state index in [-0.39, 0.29) is 23.3 Å². The van der Waals surface area contributed by atoms with E-state index in [1.807, 2.05) is 0 Å². The van der Waals surface area contributed by atoms with Crippen molar-refractivity contribution in [2.75, 3.05) is 0 Å². The maximum absolute atomic E-state index is 10.8. The Morgan fingerprint density at radius 3 is 1.88 bits per heavy atom. The summed E-state index contributed by atoms with van der Waals surface area (Å²) in [7, 11) is 0. The predicted octanol–water partition coefficient (Wildman–Crippen LogP) is 5.54. The van der Waals surface area contributed by atoms with Crippen molar-refractivity contribution in [2.45, 2.75) is 107 Å². The van der Waals surface area contributed by atoms with Gasteiger partial charge in [0.25, 0.3) is 0 Å². The number of hydroxylamine groups is 2. The molecule has 1 N–H and O–H groups in total. The van der Waals surface area contributed by atoms with Gasteiger partial charge in [-0.25, -0.2) is 0 Å². The molecule has 1 atom stereocenters. The van der Waals surface area contributed by atoms with Crippen LogP contribution in [0.15, 0.2) is 30.3 Å². The van der Waals surface area contributed by atoms with Gasteiger partial charge >= 0.3 is 0 Å². The Bertz CT molecular complexity index is 547. The number of benzene rings is 1. The van der Waals surface area contributed by atoms with Gasteiger partial charge in [0.05, 0.1) is 6.10 Å². The van der Waals surface area contributed by atoms with E-state index in [4.69, 9.17) is 4.84 Å². The van der Waals surface area contributed by atoms with Gasteiger partial charge in [-0.1, -0.05) is 68.9 Å². The highest BCUT2D eigenvalue weighted by molar-refractivity contribution is 5.17. The molecule has 2 aliphatic carbocycles. The van der Waals surface area contributed by atoms with Gasteiger partial charge in [0, 0.05) is 11.1 Å². The molecule has 3 fully saturated rings. The van der Waals surface area contributed by atoms with Crippen LogP contribution in [0, 0.1) is 0 Å². The van der Waals surface area contributed by atoms with Crippen LogP contribution in [-0.4, -0.2) is 27.4 Å². The van der Waals surface area contributed by atoms with Crippen LogP contribution in [0.25, 0.3) is 0 Å². The Kier molecular flexibility index (Phi) is 5.41. The van der Waals surface area contributed by atoms with Crippen molar-refractivity contribution in [1.82, 2.24) is 5.06 Å². The normalized spacial score (nSPS) is 29.7. The van der Waals surface area contributed by atoms with Crippen molar-refractivity contribution in [3.8, 4) is 0 Å². The molecule has 144 valence electrons. The fourth-order valence-electron chi connectivity index (χ4n) is 6.02. The fourth-order valence-corrected chi connectivity index (χ4v) is 6.02. The maximum atomic E-state index is 10.8. The van der Waals surface area contributed by atoms with Gasteiger partial charge in [0.2, 0.25) is 0 Å². The van der Waals surface area contributed by atoms with Crippen LogP contribution < -0.4 is 0 Å². The number of hydrogen-bond donors (Lipinski definition) is 1. The topological polar surface area (TPSA) is 32.7 Å². The Morgan fingerprint density at radius 2 is 1.38 bits per heavy atom. The van der Waals surface area contributed by atoms with Crippen molar-refractivity contribution in [1.29, 1.82) is 0 Å². The summed E-state index contributed by atoms with van der Waals surface area (Å²) in [6, 6.07) is 10.6. The van der Waals surface area contributed by atoms with E-state index >= 15 is 0 Å². The van der Waals surface area contributed by atoms with Crippen LogP contribution in [0.5, 0.6) is 0 Å². The number of nitrogens with zero attached hydrogens (tertiary/aromatic N) is 1. The fraction of sp³-hybridized carbons (Fsp3) is 0.739. The van der Waals surface area contributed by atoms with Gasteiger partial charge < -0.3 is 5.11 Å². The van der Waals surface area contributed by atoms with Gasteiger partial charge in [-0.05, 0) is 51.0 Å². The molecule has 0 radical (unpaired) electrons. The molecule has 2 spiro atoms. The summed E-state index contributed by atoms with van der Waals surface area (Å²) in [4.78, 5) is 6.83. The zero-order chi connectivity index (χ0) is 18.0. The average Bonchev–Trinajstić information content (AvgIpc) is 2.67. The zero-order valence-electron chi connectivity index (χ0n) is 16.3. The van der Waals surface area contributed by atoms with Gasteiger partial charge in [0.15, 0.2) is 0 Å². The first kappa shape index (κ1) is 18.5. The van der Waals surface area contributed by atoms with Crippen LogP contribution in [-0.2, 0) is 4.84 Å². The van der Waals surface area contributed by atoms with Crippen LogP contribution in [0.2, 0.25) is 0 Å². The smallest absolute Gasteiger partial charge is 0.102 e. The van der Waals surface area contributed by atoms with Gasteiger partial charge in [-0.3, -0.25) is 4.84 Å². The molecule has 1 aromatic rings. The molecule has 0 bridgehead atoms. The molecule has 0 aromatic heterocycles. The minimum absolute atomic E-state index is 0.0380. The predicted molar refractivity (Wildman–Crippen MR) is 105 cm³/mol. The largest absolute Gasteiger partial charge is 0.393 e. The van der Waals surface area contributed by atoms with Gasteiger partial charge in [0.1, 0.15) is 6.10 Å². The van der Waals surface area contributed by atoms with E-state index in [0.717, 1.165) is 12.8 Å². The molecule has 3 heteroatoms. The minimum Gasteiger partial charge on any atom is -0.393 e. The first-order valence-corrected chi connectivity index (χ1v) is 10.8. The van der Waals surface area contributed by atoms with Crippen molar-refractivity contribution in [2.24, 2.45) is 0 Å². The molecule has 1 aromatic carbocycles. The van der Waals surface area contributed by atoms with E-state index in [2.05, 4.69) is 42.3 Å². The second-order valence-electron chi connectivity index (χ2n) is 9.08. The summed E-state index contributed by atoms with van der Waals surface area (Å²) in [5.41, 5.74) is 1.32. The summed E-state index contributed by atoms with van der Waals surface area (Å²) in [6.45, 7) is 2.19. The molecule has 0 amide bonds. The van der Waals surface area contributed by atoms with Gasteiger partial charge in [-0.2, -0.15) is 5.06 Å². The van der Waals surface area contributed by atoms with Crippen molar-refractivity contribution >= 4 is 0 Å². The molecule has 26 heavy (non-hydrogen) atoms. The third-order valence-corrected chi connectivity index (χ3v) is 7.19. The molecular formula is C23H35NO2. The Balaban J connectivity index is 1.66. The molecule has 1 saturated heterocycles. The van der Waals surface area contributed by atoms with Crippen molar-refractivity contribution in [3.63, 3.8) is 0 Å². The first-order valence-electron chi connectivity index (χ1n) is 10.8. The third kappa shape index (κ3) is 3.46. The number of piperidine rings is 1. The zero-order valence-corrected chi connectivity index (χ0v) is 16.3. The van der Waals surface area contributed by atoms with E-state index < -0.39 is 0 Å². The second kappa shape index (κ2) is 7.61. The van der Waals surface area contributed by atoms with Crippen molar-refractivity contribution in [3.05, 3.63) is 35.9 Å². The number of hydrogen-bond acceptors (Lipinski definition) is 3. The molecule has 2 saturated carbocycles. The lowest BCUT2D eigenvalue weighted by molar-refractivity contribution is -0.339. The summed E-state index contributed by atoms with van der Waals surface area (Å²) in [5.74, 6) is 0. The van der Waals surface area contributed by atoms with Gasteiger partial charge in [-0.15, -0.1) is 0 Å². The second-order valence-corrected chi connectivity index (χ2v) is 9.08. The van der Waals surface area contributed by atoms with Crippen LogP contribution in [0.1, 0.15) is 95.6 Å². The minimum atomic E-state index is -0.168. The summed E-state index contributed by atoms with van der Waals surface area (Å²) < 4.78 is 0. The third-order valence-electron chi connectivity index (χ3n) is 7.19. The first-order chi connectivity index (χ1) is 12.6. The Labute approximate surface area is 158 Å². The quantitative estimate of drug-likeness (QED) is 0.771. The number of aliphatic hydroxyl groups is 1. The van der Waals surface area contributed by atoms with E-state index in [1.54, 1.807) is 0 Å². The molecule has 1 aliphatic heterocycles. The highest BCUT2D eigenvalue weighted by Gasteiger charge is 2.55. The standard InChI is InChI=1S/C23H35NO2/c1-19(20-11-5-2-6-12-20)26-24-22(13-7-3-8-14-22)17-21(25)18-23(24)15-9-4-10-16-23/h2,5-6,11-12,19,21,25H,3-4,7-10,13-18H2,1H3. The number of aliphatic hydroxyl groups excluding tert-OH is 1. The van der Waals surface area contributed by atoms with E-state index in [9.17, 15) is 5.11 Å². The Hall–Kier alpha value is -0.900. The lowest BCUT2D eigenvalue weighted by atomic mass is 9.66. The molecule has 4 rings (SSSR count). The SMILES string of the molecule is CC(ON1C2(CCCCC2)CC(O)CC12CCCCC2)c1ccccc1. The summed E-state index contributed by atoms with van der Waals surface area (Å²) in [5, 5.41) is 13.3. The van der Waals surface area contributed by atoms with E-state index in [0.29, 0.717) is 0 Å². The molecule has 1 heterocycles. The number of rotatable bonds is 3. The highest BCUT2D eigenvalue weighted by Crippen LogP contribution is 2.52. The lowest BCUT2D eigenvalue weighted by Crippen LogP contribution is -2.67. The molecular weight excluding hydrogens is 322 g/mol. The summed E-state index contributed by atoms with van der Waals surface area (Å²) in [6.07, 6.45) is 14.1. The lowest BCUT2D eigenvalue weighted by Gasteiger charge is -2.61.